The van der Waals surface area contributed by atoms with Crippen LogP contribution in [0.5, 0.6) is 0 Å². The van der Waals surface area contributed by atoms with Crippen molar-refractivity contribution in [2.75, 3.05) is 0 Å². The van der Waals surface area contributed by atoms with Gasteiger partial charge in [-0.3, -0.25) is 4.68 Å². The zero-order valence-corrected chi connectivity index (χ0v) is 9.82. The van der Waals surface area contributed by atoms with Crippen LogP contribution < -0.4 is 0 Å². The molecule has 0 amide bonds. The van der Waals surface area contributed by atoms with Gasteiger partial charge in [0.05, 0.1) is 17.8 Å². The van der Waals surface area contributed by atoms with Crippen molar-refractivity contribution in [2.45, 2.75) is 58.6 Å². The van der Waals surface area contributed by atoms with E-state index < -0.39 is 0 Å². The molecule has 0 aromatic carbocycles. The molecule has 1 N–H and O–H groups in total. The molecule has 1 fully saturated rings. The number of hydrogen-bond donors (Lipinski definition) is 1. The highest BCUT2D eigenvalue weighted by Crippen LogP contribution is 2.30. The lowest BCUT2D eigenvalue weighted by Gasteiger charge is -2.28. The van der Waals surface area contributed by atoms with E-state index in [1.54, 1.807) is 0 Å². The standard InChI is InChI=1S/C12H20N2O/c1-8-9(2)13-14(10(8)3)11-6-4-5-7-12(11)15/h11-12,15H,4-7H2,1-3H3/t11-,12-/m0/s1. The Morgan fingerprint density at radius 2 is 1.87 bits per heavy atom. The molecule has 3 heteroatoms. The highest BCUT2D eigenvalue weighted by Gasteiger charge is 2.27. The third-order valence-corrected chi connectivity index (χ3v) is 3.69. The predicted octanol–water partition coefficient (Wildman–Crippen LogP) is 2.28. The van der Waals surface area contributed by atoms with E-state index in [1.165, 1.54) is 17.7 Å². The molecule has 1 saturated carbocycles. The zero-order valence-electron chi connectivity index (χ0n) is 9.82. The third kappa shape index (κ3) is 1.81. The first-order valence-corrected chi connectivity index (χ1v) is 5.81. The van der Waals surface area contributed by atoms with Crippen LogP contribution >= 0.6 is 0 Å². The minimum atomic E-state index is -0.212. The second-order valence-corrected chi connectivity index (χ2v) is 4.66. The summed E-state index contributed by atoms with van der Waals surface area (Å²) in [4.78, 5) is 0. The van der Waals surface area contributed by atoms with Crippen LogP contribution in [0, 0.1) is 20.8 Å². The summed E-state index contributed by atoms with van der Waals surface area (Å²) in [7, 11) is 0. The van der Waals surface area contributed by atoms with Crippen LogP contribution in [0.3, 0.4) is 0 Å². The molecule has 1 aromatic heterocycles. The second-order valence-electron chi connectivity index (χ2n) is 4.66. The smallest absolute Gasteiger partial charge is 0.0781 e. The van der Waals surface area contributed by atoms with Crippen molar-refractivity contribution < 1.29 is 5.11 Å². The summed E-state index contributed by atoms with van der Waals surface area (Å²) in [6.45, 7) is 6.23. The minimum Gasteiger partial charge on any atom is -0.391 e. The first kappa shape index (κ1) is 10.7. The maximum absolute atomic E-state index is 9.99. The summed E-state index contributed by atoms with van der Waals surface area (Å²) in [5, 5.41) is 14.5. The Bertz CT molecular complexity index is 357. The van der Waals surface area contributed by atoms with Crippen molar-refractivity contribution >= 4 is 0 Å². The number of aryl methyl sites for hydroxylation is 1. The van der Waals surface area contributed by atoms with Crippen LogP contribution in [0.2, 0.25) is 0 Å². The van der Waals surface area contributed by atoms with Crippen molar-refractivity contribution in [1.29, 1.82) is 0 Å². The molecule has 1 heterocycles. The number of aliphatic hydroxyl groups is 1. The molecule has 1 aliphatic carbocycles. The lowest BCUT2D eigenvalue weighted by Crippen LogP contribution is -2.29. The van der Waals surface area contributed by atoms with Crippen LogP contribution in [-0.4, -0.2) is 21.0 Å². The van der Waals surface area contributed by atoms with Gasteiger partial charge in [0, 0.05) is 5.69 Å². The maximum Gasteiger partial charge on any atom is 0.0781 e. The Labute approximate surface area is 91.1 Å². The fourth-order valence-electron chi connectivity index (χ4n) is 2.45. The number of rotatable bonds is 1. The van der Waals surface area contributed by atoms with Gasteiger partial charge >= 0.3 is 0 Å². The molecule has 15 heavy (non-hydrogen) atoms. The van der Waals surface area contributed by atoms with Gasteiger partial charge in [-0.25, -0.2) is 0 Å². The Kier molecular flexibility index (Phi) is 2.83. The highest BCUT2D eigenvalue weighted by molar-refractivity contribution is 5.22. The first-order valence-electron chi connectivity index (χ1n) is 5.81. The molecule has 2 rings (SSSR count). The van der Waals surface area contributed by atoms with Gasteiger partial charge in [-0.2, -0.15) is 5.10 Å². The van der Waals surface area contributed by atoms with Gasteiger partial charge in [0.25, 0.3) is 0 Å². The monoisotopic (exact) mass is 208 g/mol. The largest absolute Gasteiger partial charge is 0.391 e. The van der Waals surface area contributed by atoms with E-state index in [-0.39, 0.29) is 12.1 Å². The fraction of sp³-hybridized carbons (Fsp3) is 0.750. The van der Waals surface area contributed by atoms with Crippen LogP contribution in [0.4, 0.5) is 0 Å². The molecule has 0 spiro atoms. The maximum atomic E-state index is 9.99. The van der Waals surface area contributed by atoms with E-state index in [0.29, 0.717) is 0 Å². The van der Waals surface area contributed by atoms with Crippen LogP contribution in [0.25, 0.3) is 0 Å². The van der Waals surface area contributed by atoms with Crippen LogP contribution in [-0.2, 0) is 0 Å². The fourth-order valence-corrected chi connectivity index (χ4v) is 2.45. The highest BCUT2D eigenvalue weighted by atomic mass is 16.3. The molecule has 1 aliphatic rings. The first-order chi connectivity index (χ1) is 7.11. The van der Waals surface area contributed by atoms with Crippen molar-refractivity contribution in [2.24, 2.45) is 0 Å². The average Bonchev–Trinajstić information content (AvgIpc) is 2.47. The van der Waals surface area contributed by atoms with Gasteiger partial charge in [0.2, 0.25) is 0 Å². The van der Waals surface area contributed by atoms with Crippen molar-refractivity contribution in [1.82, 2.24) is 9.78 Å². The lowest BCUT2D eigenvalue weighted by molar-refractivity contribution is 0.0682. The summed E-state index contributed by atoms with van der Waals surface area (Å²) in [5.74, 6) is 0. The van der Waals surface area contributed by atoms with Gasteiger partial charge in [0.1, 0.15) is 0 Å². The molecule has 0 radical (unpaired) electrons. The van der Waals surface area contributed by atoms with Crippen LogP contribution in [0.15, 0.2) is 0 Å². The average molecular weight is 208 g/mol. The van der Waals surface area contributed by atoms with E-state index in [1.807, 2.05) is 11.6 Å². The van der Waals surface area contributed by atoms with E-state index in [0.717, 1.165) is 25.0 Å². The predicted molar refractivity (Wildman–Crippen MR) is 59.9 cm³/mol. The van der Waals surface area contributed by atoms with Gasteiger partial charge in [-0.15, -0.1) is 0 Å². The molecule has 0 aliphatic heterocycles. The molecule has 0 bridgehead atoms. The van der Waals surface area contributed by atoms with Crippen molar-refractivity contribution in [3.8, 4) is 0 Å². The Hall–Kier alpha value is -0.830. The molecule has 3 nitrogen and oxygen atoms in total. The molecular formula is C12H20N2O. The molecule has 2 atom stereocenters. The van der Waals surface area contributed by atoms with Gasteiger partial charge < -0.3 is 5.11 Å². The third-order valence-electron chi connectivity index (χ3n) is 3.69. The summed E-state index contributed by atoms with van der Waals surface area (Å²) < 4.78 is 2.04. The second kappa shape index (κ2) is 3.97. The molecule has 0 unspecified atom stereocenters. The minimum absolute atomic E-state index is 0.200. The number of aromatic nitrogens is 2. The topological polar surface area (TPSA) is 38.0 Å². The number of aliphatic hydroxyl groups excluding tert-OH is 1. The van der Waals surface area contributed by atoms with Gasteiger partial charge in [-0.1, -0.05) is 12.8 Å². The van der Waals surface area contributed by atoms with E-state index in [9.17, 15) is 5.11 Å². The molecule has 0 saturated heterocycles. The summed E-state index contributed by atoms with van der Waals surface area (Å²) in [6, 6.07) is 0.200. The van der Waals surface area contributed by atoms with Gasteiger partial charge in [0.15, 0.2) is 0 Å². The van der Waals surface area contributed by atoms with Crippen LogP contribution in [0.1, 0.15) is 48.7 Å². The molecule has 1 aromatic rings. The van der Waals surface area contributed by atoms with E-state index in [4.69, 9.17) is 0 Å². The Morgan fingerprint density at radius 3 is 2.40 bits per heavy atom. The molecular weight excluding hydrogens is 188 g/mol. The van der Waals surface area contributed by atoms with Gasteiger partial charge in [-0.05, 0) is 39.2 Å². The lowest BCUT2D eigenvalue weighted by atomic mass is 9.92. The summed E-state index contributed by atoms with van der Waals surface area (Å²) in [5.41, 5.74) is 3.55. The van der Waals surface area contributed by atoms with E-state index >= 15 is 0 Å². The zero-order chi connectivity index (χ0) is 11.0. The van der Waals surface area contributed by atoms with E-state index in [2.05, 4.69) is 18.9 Å². The normalized spacial score (nSPS) is 26.9. The van der Waals surface area contributed by atoms with Crippen molar-refractivity contribution in [3.05, 3.63) is 17.0 Å². The Balaban J connectivity index is 2.31. The summed E-state index contributed by atoms with van der Waals surface area (Å²) >= 11 is 0. The quantitative estimate of drug-likeness (QED) is 0.769. The number of hydrogen-bond acceptors (Lipinski definition) is 2. The number of nitrogens with zero attached hydrogens (tertiary/aromatic N) is 2. The molecule has 84 valence electrons. The van der Waals surface area contributed by atoms with Crippen molar-refractivity contribution in [3.63, 3.8) is 0 Å². The Morgan fingerprint density at radius 1 is 1.20 bits per heavy atom. The summed E-state index contributed by atoms with van der Waals surface area (Å²) in [6.07, 6.45) is 4.12. The SMILES string of the molecule is Cc1nn([C@H]2CCCC[C@@H]2O)c(C)c1C.